The fourth-order valence-corrected chi connectivity index (χ4v) is 1.91. The van der Waals surface area contributed by atoms with Gasteiger partial charge in [-0.2, -0.15) is 13.1 Å². The van der Waals surface area contributed by atoms with Crippen LogP contribution in [0.5, 0.6) is 0 Å². The third-order valence-electron chi connectivity index (χ3n) is 1.74. The Balaban J connectivity index is 3.85. The van der Waals surface area contributed by atoms with Gasteiger partial charge in [0.2, 0.25) is 0 Å². The van der Waals surface area contributed by atoms with Crippen LogP contribution in [0.15, 0.2) is 0 Å². The first-order valence-corrected chi connectivity index (χ1v) is 6.30. The predicted molar refractivity (Wildman–Crippen MR) is 58.2 cm³/mol. The molecule has 7 nitrogen and oxygen atoms in total. The van der Waals surface area contributed by atoms with Crippen LogP contribution < -0.4 is 9.44 Å². The summed E-state index contributed by atoms with van der Waals surface area (Å²) in [5, 5.41) is 8.48. The van der Waals surface area contributed by atoms with Crippen LogP contribution >= 0.6 is 0 Å². The molecule has 0 aromatic heterocycles. The van der Waals surface area contributed by atoms with Gasteiger partial charge in [-0.1, -0.05) is 6.92 Å². The van der Waals surface area contributed by atoms with Gasteiger partial charge in [0.25, 0.3) is 10.2 Å². The van der Waals surface area contributed by atoms with Crippen LogP contribution in [0.2, 0.25) is 0 Å². The summed E-state index contributed by atoms with van der Waals surface area (Å²) in [5.41, 5.74) is 0. The van der Waals surface area contributed by atoms with Crippen molar-refractivity contribution in [2.45, 2.75) is 13.3 Å². The number of hydrogen-bond acceptors (Lipinski definition) is 4. The van der Waals surface area contributed by atoms with Gasteiger partial charge < -0.3 is 9.84 Å². The van der Waals surface area contributed by atoms with Gasteiger partial charge in [0.05, 0.1) is 6.61 Å². The van der Waals surface area contributed by atoms with Crippen LogP contribution in [-0.4, -0.2) is 46.3 Å². The van der Waals surface area contributed by atoms with E-state index in [9.17, 15) is 13.2 Å². The lowest BCUT2D eigenvalue weighted by Crippen LogP contribution is -2.40. The van der Waals surface area contributed by atoms with Crippen LogP contribution in [0.3, 0.4) is 0 Å². The van der Waals surface area contributed by atoms with E-state index in [2.05, 4.69) is 14.2 Å². The van der Waals surface area contributed by atoms with Crippen molar-refractivity contribution in [3.8, 4) is 0 Å². The Morgan fingerprint density at radius 3 is 2.56 bits per heavy atom. The number of aliphatic carboxylic acids is 1. The molecule has 0 spiro atoms. The molecule has 0 saturated carbocycles. The van der Waals surface area contributed by atoms with E-state index < -0.39 is 16.2 Å². The average molecular weight is 254 g/mol. The molecule has 0 aliphatic heterocycles. The van der Waals surface area contributed by atoms with Crippen molar-refractivity contribution >= 4 is 16.2 Å². The van der Waals surface area contributed by atoms with Crippen molar-refractivity contribution in [1.29, 1.82) is 0 Å². The van der Waals surface area contributed by atoms with Gasteiger partial charge in [-0.15, -0.1) is 0 Å². The number of ether oxygens (including phenoxy) is 1. The van der Waals surface area contributed by atoms with Gasteiger partial charge >= 0.3 is 5.97 Å². The maximum atomic E-state index is 11.3. The average Bonchev–Trinajstić information content (AvgIpc) is 2.14. The highest BCUT2D eigenvalue weighted by Crippen LogP contribution is 1.99. The van der Waals surface area contributed by atoms with Gasteiger partial charge in [-0.05, 0) is 5.92 Å². The number of methoxy groups -OCH3 is 1. The van der Waals surface area contributed by atoms with Gasteiger partial charge in [0.1, 0.15) is 0 Å². The zero-order chi connectivity index (χ0) is 12.6. The summed E-state index contributed by atoms with van der Waals surface area (Å²) < 4.78 is 31.7. The number of hydrogen-bond donors (Lipinski definition) is 3. The van der Waals surface area contributed by atoms with Crippen molar-refractivity contribution < 1.29 is 23.1 Å². The second-order valence-corrected chi connectivity index (χ2v) is 5.03. The molecule has 96 valence electrons. The molecule has 1 atom stereocenters. The van der Waals surface area contributed by atoms with Crippen molar-refractivity contribution in [2.24, 2.45) is 5.92 Å². The van der Waals surface area contributed by atoms with Crippen molar-refractivity contribution in [1.82, 2.24) is 9.44 Å². The number of carboxylic acids is 1. The van der Waals surface area contributed by atoms with Crippen LogP contribution in [-0.2, 0) is 19.7 Å². The van der Waals surface area contributed by atoms with E-state index in [1.807, 2.05) is 0 Å². The third kappa shape index (κ3) is 8.60. The molecule has 1 unspecified atom stereocenters. The maximum absolute atomic E-state index is 11.3. The summed E-state index contributed by atoms with van der Waals surface area (Å²) in [6, 6.07) is 0. The minimum absolute atomic E-state index is 0.0689. The van der Waals surface area contributed by atoms with E-state index in [1.54, 1.807) is 6.92 Å². The summed E-state index contributed by atoms with van der Waals surface area (Å²) in [7, 11) is -2.09. The number of carboxylic acid groups (broad SMARTS) is 1. The van der Waals surface area contributed by atoms with Crippen LogP contribution in [0, 0.1) is 5.92 Å². The molecule has 0 aliphatic rings. The Bertz CT molecular complexity index is 304. The molecule has 0 radical (unpaired) electrons. The van der Waals surface area contributed by atoms with Crippen LogP contribution in [0.1, 0.15) is 13.3 Å². The molecule has 0 saturated heterocycles. The Morgan fingerprint density at radius 1 is 1.44 bits per heavy atom. The van der Waals surface area contributed by atoms with Crippen LogP contribution in [0.25, 0.3) is 0 Å². The normalized spacial score (nSPS) is 13.6. The smallest absolute Gasteiger partial charge is 0.303 e. The standard InChI is InChI=1S/C8H18N2O5S/c1-7(5-8(11)12)6-10-16(13,14)9-3-4-15-2/h7,9-10H,3-6H2,1-2H3,(H,11,12). The van der Waals surface area contributed by atoms with Gasteiger partial charge in [0, 0.05) is 26.6 Å². The number of nitrogens with one attached hydrogen (secondary N) is 2. The second-order valence-electron chi connectivity index (χ2n) is 3.44. The van der Waals surface area contributed by atoms with Crippen molar-refractivity contribution in [3.63, 3.8) is 0 Å². The van der Waals surface area contributed by atoms with E-state index in [0.29, 0.717) is 0 Å². The Kier molecular flexibility index (Phi) is 7.22. The molecule has 3 N–H and O–H groups in total. The molecular formula is C8H18N2O5S. The molecule has 0 aromatic rings. The quantitative estimate of drug-likeness (QED) is 0.466. The van der Waals surface area contributed by atoms with Gasteiger partial charge in [-0.3, -0.25) is 4.79 Å². The van der Waals surface area contributed by atoms with E-state index in [0.717, 1.165) is 0 Å². The lowest BCUT2D eigenvalue weighted by atomic mass is 10.1. The highest BCUT2D eigenvalue weighted by atomic mass is 32.2. The zero-order valence-electron chi connectivity index (χ0n) is 9.39. The van der Waals surface area contributed by atoms with E-state index in [1.165, 1.54) is 7.11 Å². The summed E-state index contributed by atoms with van der Waals surface area (Å²) in [6.07, 6.45) is -0.0689. The van der Waals surface area contributed by atoms with Crippen molar-refractivity contribution in [3.05, 3.63) is 0 Å². The van der Waals surface area contributed by atoms with E-state index in [-0.39, 0.29) is 32.0 Å². The number of carbonyl (C=O) groups is 1. The van der Waals surface area contributed by atoms with Gasteiger partial charge in [0.15, 0.2) is 0 Å². The summed E-state index contributed by atoms with van der Waals surface area (Å²) in [5.74, 6) is -1.20. The maximum Gasteiger partial charge on any atom is 0.303 e. The molecule has 0 heterocycles. The molecule has 8 heteroatoms. The highest BCUT2D eigenvalue weighted by Gasteiger charge is 2.12. The lowest BCUT2D eigenvalue weighted by Gasteiger charge is -2.11. The summed E-state index contributed by atoms with van der Waals surface area (Å²) >= 11 is 0. The molecular weight excluding hydrogens is 236 g/mol. The topological polar surface area (TPSA) is 105 Å². The molecule has 16 heavy (non-hydrogen) atoms. The summed E-state index contributed by atoms with van der Waals surface area (Å²) in [6.45, 7) is 2.21. The van der Waals surface area contributed by atoms with E-state index >= 15 is 0 Å². The minimum atomic E-state index is -3.56. The van der Waals surface area contributed by atoms with Crippen molar-refractivity contribution in [2.75, 3.05) is 26.8 Å². The fourth-order valence-electron chi connectivity index (χ4n) is 0.951. The Morgan fingerprint density at radius 2 is 2.06 bits per heavy atom. The predicted octanol–water partition coefficient (Wildman–Crippen LogP) is -0.832. The second kappa shape index (κ2) is 7.55. The largest absolute Gasteiger partial charge is 0.481 e. The first-order chi connectivity index (χ1) is 7.37. The monoisotopic (exact) mass is 254 g/mol. The lowest BCUT2D eigenvalue weighted by molar-refractivity contribution is -0.137. The fraction of sp³-hybridized carbons (Fsp3) is 0.875. The van der Waals surface area contributed by atoms with Crippen LogP contribution in [0.4, 0.5) is 0 Å². The minimum Gasteiger partial charge on any atom is -0.481 e. The number of rotatable bonds is 9. The molecule has 0 aromatic carbocycles. The SMILES string of the molecule is COCCNS(=O)(=O)NCC(C)CC(=O)O. The first-order valence-electron chi connectivity index (χ1n) is 4.82. The molecule has 0 bridgehead atoms. The van der Waals surface area contributed by atoms with E-state index in [4.69, 9.17) is 5.11 Å². The molecule has 0 rings (SSSR count). The Labute approximate surface area is 95.4 Å². The summed E-state index contributed by atoms with van der Waals surface area (Å²) in [4.78, 5) is 10.3. The van der Waals surface area contributed by atoms with Gasteiger partial charge in [-0.25, -0.2) is 4.72 Å². The molecule has 0 amide bonds. The first kappa shape index (κ1) is 15.3. The Hall–Kier alpha value is -0.700. The molecule has 0 aliphatic carbocycles. The highest BCUT2D eigenvalue weighted by molar-refractivity contribution is 7.87. The third-order valence-corrected chi connectivity index (χ3v) is 2.87. The zero-order valence-corrected chi connectivity index (χ0v) is 10.2. The molecule has 0 fully saturated rings.